The number of nitrogens with one attached hydrogen (secondary N) is 3. The van der Waals surface area contributed by atoms with Gasteiger partial charge in [0.25, 0.3) is 5.91 Å². The van der Waals surface area contributed by atoms with Crippen molar-refractivity contribution in [3.8, 4) is 0 Å². The van der Waals surface area contributed by atoms with Gasteiger partial charge < -0.3 is 40.2 Å². The lowest BCUT2D eigenvalue weighted by Gasteiger charge is -2.32. The van der Waals surface area contributed by atoms with Gasteiger partial charge in [0.05, 0.1) is 24.2 Å². The summed E-state index contributed by atoms with van der Waals surface area (Å²) in [7, 11) is 2.09. The highest BCUT2D eigenvalue weighted by Crippen LogP contribution is 2.39. The van der Waals surface area contributed by atoms with Crippen LogP contribution in [0.3, 0.4) is 0 Å². The Morgan fingerprint density at radius 1 is 1.22 bits per heavy atom. The average molecular weight is 496 g/mol. The number of fused-ring (bicyclic) bond motifs is 1. The molecule has 1 aromatic carbocycles. The SMILES string of the molecule is C=O.CN1CN(C2CCOCC2)c2cc(Nc3cccc(C(=O)NCCN4CCNC4=O)c3)ncc21. The first-order valence-electron chi connectivity index (χ1n) is 12.1. The summed E-state index contributed by atoms with van der Waals surface area (Å²) in [5.74, 6) is 0.571. The van der Waals surface area contributed by atoms with Crippen LogP contribution < -0.4 is 25.8 Å². The van der Waals surface area contributed by atoms with E-state index in [0.29, 0.717) is 37.8 Å². The number of nitrogens with zero attached hydrogens (tertiary/aromatic N) is 4. The minimum Gasteiger partial charge on any atom is -0.381 e. The highest BCUT2D eigenvalue weighted by atomic mass is 16.5. The monoisotopic (exact) mass is 495 g/mol. The van der Waals surface area contributed by atoms with Gasteiger partial charge in [0.15, 0.2) is 0 Å². The summed E-state index contributed by atoms with van der Waals surface area (Å²) >= 11 is 0. The predicted molar refractivity (Wildman–Crippen MR) is 138 cm³/mol. The van der Waals surface area contributed by atoms with Crippen molar-refractivity contribution in [1.82, 2.24) is 20.5 Å². The number of urea groups is 1. The van der Waals surface area contributed by atoms with Crippen molar-refractivity contribution in [1.29, 1.82) is 0 Å². The lowest BCUT2D eigenvalue weighted by molar-refractivity contribution is -0.0980. The fourth-order valence-corrected chi connectivity index (χ4v) is 4.74. The molecule has 3 aliphatic heterocycles. The van der Waals surface area contributed by atoms with Crippen LogP contribution in [0.4, 0.5) is 27.7 Å². The number of hydrogen-bond donors (Lipinski definition) is 3. The zero-order valence-corrected chi connectivity index (χ0v) is 20.5. The van der Waals surface area contributed by atoms with E-state index < -0.39 is 0 Å². The van der Waals surface area contributed by atoms with E-state index in [2.05, 4.69) is 43.8 Å². The second-order valence-corrected chi connectivity index (χ2v) is 8.89. The molecule has 11 nitrogen and oxygen atoms in total. The van der Waals surface area contributed by atoms with E-state index in [4.69, 9.17) is 9.53 Å². The highest BCUT2D eigenvalue weighted by molar-refractivity contribution is 5.95. The van der Waals surface area contributed by atoms with E-state index in [0.717, 1.165) is 49.9 Å². The van der Waals surface area contributed by atoms with Crippen molar-refractivity contribution in [2.24, 2.45) is 0 Å². The first-order chi connectivity index (χ1) is 17.6. The fourth-order valence-electron chi connectivity index (χ4n) is 4.74. The van der Waals surface area contributed by atoms with Crippen LogP contribution in [0.15, 0.2) is 36.5 Å². The maximum Gasteiger partial charge on any atom is 0.317 e. The molecule has 2 fully saturated rings. The number of ether oxygens (including phenoxy) is 1. The van der Waals surface area contributed by atoms with Crippen LogP contribution in [-0.2, 0) is 9.53 Å². The number of carbonyl (C=O) groups is 3. The van der Waals surface area contributed by atoms with E-state index >= 15 is 0 Å². The maximum atomic E-state index is 12.6. The molecule has 0 radical (unpaired) electrons. The van der Waals surface area contributed by atoms with Crippen LogP contribution in [0.2, 0.25) is 0 Å². The molecule has 36 heavy (non-hydrogen) atoms. The smallest absolute Gasteiger partial charge is 0.317 e. The van der Waals surface area contributed by atoms with Gasteiger partial charge in [-0.05, 0) is 31.0 Å². The van der Waals surface area contributed by atoms with E-state index in [1.165, 1.54) is 5.69 Å². The molecule has 192 valence electrons. The quantitative estimate of drug-likeness (QED) is 0.532. The van der Waals surface area contributed by atoms with E-state index in [9.17, 15) is 9.59 Å². The predicted octanol–water partition coefficient (Wildman–Crippen LogP) is 1.79. The minimum absolute atomic E-state index is 0.0797. The molecule has 0 bridgehead atoms. The molecule has 3 amide bonds. The number of rotatable bonds is 7. The molecular weight excluding hydrogens is 462 g/mol. The lowest BCUT2D eigenvalue weighted by Crippen LogP contribution is -2.41. The fraction of sp³-hybridized carbons (Fsp3) is 0.440. The summed E-state index contributed by atoms with van der Waals surface area (Å²) in [6.45, 7) is 6.68. The summed E-state index contributed by atoms with van der Waals surface area (Å²) in [5, 5.41) is 9.00. The molecule has 0 spiro atoms. The molecule has 3 N–H and O–H groups in total. The summed E-state index contributed by atoms with van der Waals surface area (Å²) in [4.78, 5) is 43.2. The largest absolute Gasteiger partial charge is 0.381 e. The van der Waals surface area contributed by atoms with E-state index in [-0.39, 0.29) is 11.9 Å². The average Bonchev–Trinajstić information content (AvgIpc) is 3.48. The van der Waals surface area contributed by atoms with Gasteiger partial charge in [0, 0.05) is 69.8 Å². The molecule has 0 atom stereocenters. The Kier molecular flexibility index (Phi) is 8.21. The second-order valence-electron chi connectivity index (χ2n) is 8.89. The minimum atomic E-state index is -0.169. The van der Waals surface area contributed by atoms with Crippen LogP contribution in [-0.4, -0.2) is 87.8 Å². The first kappa shape index (κ1) is 25.2. The molecule has 2 saturated heterocycles. The van der Waals surface area contributed by atoms with Crippen molar-refractivity contribution in [3.05, 3.63) is 42.1 Å². The lowest BCUT2D eigenvalue weighted by atomic mass is 10.1. The molecule has 2 aromatic rings. The zero-order chi connectivity index (χ0) is 25.5. The maximum absolute atomic E-state index is 12.6. The Labute approximate surface area is 210 Å². The number of hydrogen-bond acceptors (Lipinski definition) is 8. The standard InChI is InChI=1S/C24H31N7O3.CH2O/c1-29-16-31(19-5-11-34-12-6-19)20-14-22(27-15-21(20)29)28-18-4-2-3-17(13-18)23(32)25-7-9-30-10-8-26-24(30)33;1-2/h2-4,13-15,19H,5-12,16H2,1H3,(H,25,32)(H,26,33)(H,27,28);1H2. The zero-order valence-electron chi connectivity index (χ0n) is 20.5. The number of aromatic nitrogens is 1. The summed E-state index contributed by atoms with van der Waals surface area (Å²) in [6, 6.07) is 9.83. The third-order valence-corrected chi connectivity index (χ3v) is 6.59. The third kappa shape index (κ3) is 5.68. The van der Waals surface area contributed by atoms with E-state index in [1.54, 1.807) is 11.0 Å². The Morgan fingerprint density at radius 2 is 2.03 bits per heavy atom. The number of benzene rings is 1. The van der Waals surface area contributed by atoms with Crippen molar-refractivity contribution < 1.29 is 19.1 Å². The van der Waals surface area contributed by atoms with E-state index in [1.807, 2.05) is 31.2 Å². The van der Waals surface area contributed by atoms with Crippen molar-refractivity contribution in [2.75, 3.05) is 68.2 Å². The van der Waals surface area contributed by atoms with Gasteiger partial charge in [0.2, 0.25) is 0 Å². The van der Waals surface area contributed by atoms with Gasteiger partial charge in [-0.25, -0.2) is 9.78 Å². The van der Waals surface area contributed by atoms with Crippen LogP contribution in [0.1, 0.15) is 23.2 Å². The van der Waals surface area contributed by atoms with Crippen LogP contribution in [0.5, 0.6) is 0 Å². The first-order valence-corrected chi connectivity index (χ1v) is 12.1. The van der Waals surface area contributed by atoms with Gasteiger partial charge >= 0.3 is 6.03 Å². The Morgan fingerprint density at radius 3 is 2.78 bits per heavy atom. The van der Waals surface area contributed by atoms with Gasteiger partial charge in [-0.2, -0.15) is 0 Å². The normalized spacial score (nSPS) is 17.2. The molecule has 0 saturated carbocycles. The van der Waals surface area contributed by atoms with Crippen molar-refractivity contribution >= 4 is 41.6 Å². The number of carbonyl (C=O) groups excluding carboxylic acids is 3. The third-order valence-electron chi connectivity index (χ3n) is 6.59. The Hall–Kier alpha value is -3.86. The molecular formula is C25H33N7O4. The molecule has 4 heterocycles. The number of pyridine rings is 1. The van der Waals surface area contributed by atoms with Gasteiger partial charge in [0.1, 0.15) is 12.6 Å². The van der Waals surface area contributed by atoms with Gasteiger partial charge in [-0.1, -0.05) is 6.07 Å². The van der Waals surface area contributed by atoms with Crippen LogP contribution >= 0.6 is 0 Å². The van der Waals surface area contributed by atoms with Gasteiger partial charge in [-0.3, -0.25) is 4.79 Å². The number of anilines is 4. The van der Waals surface area contributed by atoms with Crippen LogP contribution in [0, 0.1) is 0 Å². The summed E-state index contributed by atoms with van der Waals surface area (Å²) < 4.78 is 5.54. The van der Waals surface area contributed by atoms with Crippen molar-refractivity contribution in [3.63, 3.8) is 0 Å². The Bertz CT molecular complexity index is 1080. The molecule has 0 unspecified atom stereocenters. The highest BCUT2D eigenvalue weighted by Gasteiger charge is 2.31. The Balaban J connectivity index is 0.00000148. The van der Waals surface area contributed by atoms with Gasteiger partial charge in [-0.15, -0.1) is 0 Å². The summed E-state index contributed by atoms with van der Waals surface area (Å²) in [5.41, 5.74) is 3.65. The molecule has 3 aliphatic rings. The van der Waals surface area contributed by atoms with Crippen molar-refractivity contribution in [2.45, 2.75) is 18.9 Å². The number of amides is 3. The van der Waals surface area contributed by atoms with Crippen LogP contribution in [0.25, 0.3) is 0 Å². The molecule has 11 heteroatoms. The second kappa shape index (κ2) is 11.7. The molecule has 1 aromatic heterocycles. The topological polar surface area (TPSA) is 119 Å². The molecule has 5 rings (SSSR count). The molecule has 0 aliphatic carbocycles. The summed E-state index contributed by atoms with van der Waals surface area (Å²) in [6.07, 6.45) is 3.96.